The Morgan fingerprint density at radius 1 is 1.33 bits per heavy atom. The molecule has 3 aromatic rings. The Morgan fingerprint density at radius 3 is 2.90 bits per heavy atom. The zero-order chi connectivity index (χ0) is 15.0. The first kappa shape index (κ1) is 13.5. The molecule has 1 N–H and O–H groups in total. The second-order valence-electron chi connectivity index (χ2n) is 4.42. The maximum absolute atomic E-state index is 12.3. The van der Waals surface area contributed by atoms with Crippen molar-refractivity contribution in [1.29, 1.82) is 0 Å². The second-order valence-corrected chi connectivity index (χ2v) is 4.83. The van der Waals surface area contributed by atoms with Crippen LogP contribution in [0.4, 0.5) is 0 Å². The van der Waals surface area contributed by atoms with E-state index < -0.39 is 5.76 Å². The number of pyridine rings is 1. The lowest BCUT2D eigenvalue weighted by molar-refractivity contribution is 0.408. The van der Waals surface area contributed by atoms with Crippen molar-refractivity contribution in [2.45, 2.75) is 6.54 Å². The van der Waals surface area contributed by atoms with Gasteiger partial charge in [-0.25, -0.2) is 4.79 Å². The van der Waals surface area contributed by atoms with Gasteiger partial charge in [0.1, 0.15) is 5.75 Å². The average molecular weight is 307 g/mol. The van der Waals surface area contributed by atoms with E-state index in [2.05, 4.69) is 4.98 Å². The second kappa shape index (κ2) is 5.14. The summed E-state index contributed by atoms with van der Waals surface area (Å²) in [6, 6.07) is 6.81. The molecule has 21 heavy (non-hydrogen) atoms. The largest absolute Gasteiger partial charge is 0.496 e. The van der Waals surface area contributed by atoms with Crippen LogP contribution in [0.3, 0.4) is 0 Å². The van der Waals surface area contributed by atoms with Gasteiger partial charge in [0.15, 0.2) is 11.1 Å². The topological polar surface area (TPSA) is 77.2 Å². The van der Waals surface area contributed by atoms with Crippen molar-refractivity contribution in [2.24, 2.45) is 0 Å². The molecule has 7 heteroatoms. The third kappa shape index (κ3) is 2.34. The molecule has 0 aliphatic rings. The molecule has 0 spiro atoms. The number of aromatic nitrogens is 2. The fourth-order valence-corrected chi connectivity index (χ4v) is 2.39. The van der Waals surface area contributed by atoms with Crippen LogP contribution in [-0.4, -0.2) is 16.7 Å². The fraction of sp³-hybridized carbons (Fsp3) is 0.143. The van der Waals surface area contributed by atoms with Crippen LogP contribution < -0.4 is 16.1 Å². The number of fused-ring (bicyclic) bond motifs is 1. The molecular formula is C14H11ClN2O4. The van der Waals surface area contributed by atoms with Crippen molar-refractivity contribution in [3.05, 3.63) is 62.0 Å². The molecule has 0 saturated heterocycles. The predicted molar refractivity (Wildman–Crippen MR) is 78.2 cm³/mol. The van der Waals surface area contributed by atoms with Gasteiger partial charge in [0, 0.05) is 16.8 Å². The Kier molecular flexibility index (Phi) is 3.31. The van der Waals surface area contributed by atoms with Crippen LogP contribution in [0.25, 0.3) is 11.1 Å². The number of ether oxygens (including phenoxy) is 1. The minimum atomic E-state index is -0.657. The van der Waals surface area contributed by atoms with Gasteiger partial charge in [-0.05, 0) is 18.2 Å². The number of methoxy groups -OCH3 is 1. The summed E-state index contributed by atoms with van der Waals surface area (Å²) in [6.45, 7) is 0.227. The van der Waals surface area contributed by atoms with Gasteiger partial charge >= 0.3 is 5.76 Å². The van der Waals surface area contributed by atoms with Crippen LogP contribution >= 0.6 is 11.6 Å². The van der Waals surface area contributed by atoms with Gasteiger partial charge in [0.25, 0.3) is 5.56 Å². The highest BCUT2D eigenvalue weighted by atomic mass is 35.5. The summed E-state index contributed by atoms with van der Waals surface area (Å²) in [6.07, 6.45) is 1.55. The first-order valence-corrected chi connectivity index (χ1v) is 6.51. The number of halogens is 1. The highest BCUT2D eigenvalue weighted by Gasteiger charge is 2.12. The van der Waals surface area contributed by atoms with Crippen LogP contribution in [0.5, 0.6) is 5.75 Å². The van der Waals surface area contributed by atoms with Crippen molar-refractivity contribution < 1.29 is 9.15 Å². The van der Waals surface area contributed by atoms with Crippen LogP contribution in [-0.2, 0) is 6.54 Å². The third-order valence-electron chi connectivity index (χ3n) is 3.18. The van der Waals surface area contributed by atoms with Gasteiger partial charge in [-0.1, -0.05) is 17.7 Å². The molecule has 0 unspecified atom stereocenters. The standard InChI is InChI=1S/C14H11ClN2O4/c1-20-10-4-2-3-9(15)8(10)7-17-6-5-11-12(13(17)18)16-14(19)21-11/h2-6H,7H2,1H3,(H,16,19). The molecule has 6 nitrogen and oxygen atoms in total. The quantitative estimate of drug-likeness (QED) is 0.803. The third-order valence-corrected chi connectivity index (χ3v) is 3.54. The van der Waals surface area contributed by atoms with Crippen LogP contribution in [0.1, 0.15) is 5.56 Å². The summed E-state index contributed by atoms with van der Waals surface area (Å²) in [5.74, 6) is -0.0645. The number of benzene rings is 1. The number of hydrogen-bond donors (Lipinski definition) is 1. The summed E-state index contributed by atoms with van der Waals surface area (Å²) >= 11 is 6.16. The molecule has 108 valence electrons. The zero-order valence-corrected chi connectivity index (χ0v) is 11.8. The number of nitrogens with zero attached hydrogens (tertiary/aromatic N) is 1. The summed E-state index contributed by atoms with van der Waals surface area (Å²) in [4.78, 5) is 25.8. The van der Waals surface area contributed by atoms with Crippen LogP contribution in [0.2, 0.25) is 5.02 Å². The first-order chi connectivity index (χ1) is 10.1. The lowest BCUT2D eigenvalue weighted by Gasteiger charge is -2.11. The van der Waals surface area contributed by atoms with Crippen molar-refractivity contribution in [2.75, 3.05) is 7.11 Å². The minimum absolute atomic E-state index is 0.133. The summed E-state index contributed by atoms with van der Waals surface area (Å²) in [5, 5.41) is 0.502. The normalized spacial score (nSPS) is 11.0. The number of H-pyrrole nitrogens is 1. The lowest BCUT2D eigenvalue weighted by atomic mass is 10.2. The fourth-order valence-electron chi connectivity index (χ4n) is 2.16. The summed E-state index contributed by atoms with van der Waals surface area (Å²) < 4.78 is 11.5. The van der Waals surface area contributed by atoms with E-state index in [1.165, 1.54) is 11.7 Å². The number of aromatic amines is 1. The van der Waals surface area contributed by atoms with Gasteiger partial charge in [-0.2, -0.15) is 0 Å². The van der Waals surface area contributed by atoms with Gasteiger partial charge < -0.3 is 13.7 Å². The molecule has 0 radical (unpaired) electrons. The molecule has 0 aliphatic carbocycles. The Hall–Kier alpha value is -2.47. The molecule has 0 bridgehead atoms. The Labute approximate surface area is 123 Å². The van der Waals surface area contributed by atoms with E-state index >= 15 is 0 Å². The average Bonchev–Trinajstić information content (AvgIpc) is 2.85. The number of oxazole rings is 1. The Morgan fingerprint density at radius 2 is 2.14 bits per heavy atom. The van der Waals surface area contributed by atoms with E-state index in [9.17, 15) is 9.59 Å². The first-order valence-electron chi connectivity index (χ1n) is 6.14. The maximum Gasteiger partial charge on any atom is 0.417 e. The monoisotopic (exact) mass is 306 g/mol. The summed E-state index contributed by atoms with van der Waals surface area (Å²) in [7, 11) is 1.54. The Balaban J connectivity index is 2.13. The zero-order valence-electron chi connectivity index (χ0n) is 11.1. The molecule has 0 saturated carbocycles. The molecule has 3 rings (SSSR count). The van der Waals surface area contributed by atoms with Crippen molar-refractivity contribution >= 4 is 22.7 Å². The number of hydrogen-bond acceptors (Lipinski definition) is 4. The number of nitrogens with one attached hydrogen (secondary N) is 1. The van der Waals surface area contributed by atoms with Crippen molar-refractivity contribution in [3.63, 3.8) is 0 Å². The number of rotatable bonds is 3. The summed E-state index contributed by atoms with van der Waals surface area (Å²) in [5.41, 5.74) is 0.690. The predicted octanol–water partition coefficient (Wildman–Crippen LogP) is 1.99. The highest BCUT2D eigenvalue weighted by molar-refractivity contribution is 6.31. The van der Waals surface area contributed by atoms with Crippen LogP contribution in [0, 0.1) is 0 Å². The van der Waals surface area contributed by atoms with E-state index in [0.29, 0.717) is 16.3 Å². The van der Waals surface area contributed by atoms with Gasteiger partial charge in [0.2, 0.25) is 0 Å². The van der Waals surface area contributed by atoms with Gasteiger partial charge in [-0.15, -0.1) is 0 Å². The highest BCUT2D eigenvalue weighted by Crippen LogP contribution is 2.26. The maximum atomic E-state index is 12.3. The van der Waals surface area contributed by atoms with Crippen LogP contribution in [0.15, 0.2) is 44.5 Å². The molecule has 0 amide bonds. The molecule has 2 aromatic heterocycles. The van der Waals surface area contributed by atoms with Crippen molar-refractivity contribution in [1.82, 2.24) is 9.55 Å². The lowest BCUT2D eigenvalue weighted by Crippen LogP contribution is -2.21. The smallest absolute Gasteiger partial charge is 0.417 e. The van der Waals surface area contributed by atoms with E-state index in [0.717, 1.165) is 0 Å². The van der Waals surface area contributed by atoms with E-state index in [4.69, 9.17) is 20.8 Å². The van der Waals surface area contributed by atoms with Gasteiger partial charge in [-0.3, -0.25) is 9.78 Å². The molecule has 0 fully saturated rings. The minimum Gasteiger partial charge on any atom is -0.496 e. The van der Waals surface area contributed by atoms with E-state index in [-0.39, 0.29) is 23.2 Å². The van der Waals surface area contributed by atoms with E-state index in [1.54, 1.807) is 30.5 Å². The van der Waals surface area contributed by atoms with E-state index in [1.807, 2.05) is 0 Å². The molecular weight excluding hydrogens is 296 g/mol. The van der Waals surface area contributed by atoms with Gasteiger partial charge in [0.05, 0.1) is 13.7 Å². The Bertz CT molecular complexity index is 923. The molecule has 0 aliphatic heterocycles. The molecule has 0 atom stereocenters. The SMILES string of the molecule is COc1cccc(Cl)c1Cn1ccc2oc(=O)[nH]c2c1=O. The van der Waals surface area contributed by atoms with Crippen molar-refractivity contribution in [3.8, 4) is 5.75 Å². The molecule has 2 heterocycles. The molecule has 1 aromatic carbocycles.